The Morgan fingerprint density at radius 1 is 1.24 bits per heavy atom. The van der Waals surface area contributed by atoms with Crippen LogP contribution >= 0.6 is 11.6 Å². The predicted molar refractivity (Wildman–Crippen MR) is 82.6 cm³/mol. The molecule has 0 aliphatic rings. The second kappa shape index (κ2) is 7.53. The fourth-order valence-electron chi connectivity index (χ4n) is 1.77. The van der Waals surface area contributed by atoms with Crippen LogP contribution < -0.4 is 10.1 Å². The monoisotopic (exact) mass is 302 g/mol. The molecule has 0 saturated carbocycles. The molecule has 0 bridgehead atoms. The third-order valence-electron chi connectivity index (χ3n) is 2.81. The number of aliphatic hydroxyl groups excluding tert-OH is 1. The summed E-state index contributed by atoms with van der Waals surface area (Å²) in [7, 11) is 0. The lowest BCUT2D eigenvalue weighted by molar-refractivity contribution is 0.117. The minimum absolute atomic E-state index is 0.141. The van der Waals surface area contributed by atoms with Crippen molar-refractivity contribution >= 4 is 17.3 Å². The summed E-state index contributed by atoms with van der Waals surface area (Å²) in [4.78, 5) is 0. The number of nitrogens with zero attached hydrogens (tertiary/aromatic N) is 1. The van der Waals surface area contributed by atoms with Crippen LogP contribution in [0.5, 0.6) is 5.75 Å². The molecule has 21 heavy (non-hydrogen) atoms. The molecule has 0 radical (unpaired) electrons. The van der Waals surface area contributed by atoms with E-state index < -0.39 is 6.10 Å². The summed E-state index contributed by atoms with van der Waals surface area (Å²) in [5.41, 5.74) is 1.24. The van der Waals surface area contributed by atoms with Gasteiger partial charge in [-0.05, 0) is 30.3 Å². The van der Waals surface area contributed by atoms with E-state index in [2.05, 4.69) is 11.4 Å². The fraction of sp³-hybridized carbons (Fsp3) is 0.188. The number of hydrogen-bond donors (Lipinski definition) is 2. The van der Waals surface area contributed by atoms with Crippen LogP contribution in [0.4, 0.5) is 5.69 Å². The maximum absolute atomic E-state index is 9.90. The van der Waals surface area contributed by atoms with Crippen LogP contribution in [0.25, 0.3) is 0 Å². The highest BCUT2D eigenvalue weighted by Gasteiger charge is 2.07. The first-order valence-electron chi connectivity index (χ1n) is 6.48. The van der Waals surface area contributed by atoms with Crippen LogP contribution in [0.1, 0.15) is 5.56 Å². The van der Waals surface area contributed by atoms with E-state index in [1.54, 1.807) is 42.5 Å². The van der Waals surface area contributed by atoms with E-state index in [9.17, 15) is 5.11 Å². The zero-order valence-electron chi connectivity index (χ0n) is 11.3. The highest BCUT2D eigenvalue weighted by Crippen LogP contribution is 2.17. The van der Waals surface area contributed by atoms with Crippen molar-refractivity contribution in [3.63, 3.8) is 0 Å². The summed E-state index contributed by atoms with van der Waals surface area (Å²) in [6, 6.07) is 16.2. The van der Waals surface area contributed by atoms with E-state index in [1.165, 1.54) is 0 Å². The number of aliphatic hydroxyl groups is 1. The Kier molecular flexibility index (Phi) is 5.44. The highest BCUT2D eigenvalue weighted by atomic mass is 35.5. The predicted octanol–water partition coefficient (Wildman–Crippen LogP) is 3.06. The van der Waals surface area contributed by atoms with Gasteiger partial charge in [0.15, 0.2) is 0 Å². The Morgan fingerprint density at radius 2 is 2.05 bits per heavy atom. The lowest BCUT2D eigenvalue weighted by Gasteiger charge is -2.14. The summed E-state index contributed by atoms with van der Waals surface area (Å²) < 4.78 is 5.45. The smallest absolute Gasteiger partial charge is 0.120 e. The Hall–Kier alpha value is -2.22. The van der Waals surface area contributed by atoms with Crippen molar-refractivity contribution in [1.29, 1.82) is 5.26 Å². The summed E-state index contributed by atoms with van der Waals surface area (Å²) in [5, 5.41) is 22.5. The Bertz CT molecular complexity index is 640. The SMILES string of the molecule is N#Cc1ccccc1NCC(O)COc1cccc(Cl)c1. The first-order chi connectivity index (χ1) is 10.2. The van der Waals surface area contributed by atoms with E-state index >= 15 is 0 Å². The summed E-state index contributed by atoms with van der Waals surface area (Å²) in [6.45, 7) is 0.432. The molecular weight excluding hydrogens is 288 g/mol. The molecule has 2 rings (SSSR count). The van der Waals surface area contributed by atoms with Gasteiger partial charge in [-0.25, -0.2) is 0 Å². The Labute approximate surface area is 128 Å². The number of para-hydroxylation sites is 1. The normalized spacial score (nSPS) is 11.5. The van der Waals surface area contributed by atoms with Gasteiger partial charge in [0.05, 0.1) is 11.3 Å². The molecule has 0 saturated heterocycles. The number of hydrogen-bond acceptors (Lipinski definition) is 4. The van der Waals surface area contributed by atoms with E-state index in [4.69, 9.17) is 21.6 Å². The van der Waals surface area contributed by atoms with Gasteiger partial charge in [0.25, 0.3) is 0 Å². The van der Waals surface area contributed by atoms with Gasteiger partial charge in [0.2, 0.25) is 0 Å². The third kappa shape index (κ3) is 4.67. The van der Waals surface area contributed by atoms with Gasteiger partial charge in [0, 0.05) is 11.6 Å². The highest BCUT2D eigenvalue weighted by molar-refractivity contribution is 6.30. The first kappa shape index (κ1) is 15.2. The number of anilines is 1. The van der Waals surface area contributed by atoms with Gasteiger partial charge in [-0.2, -0.15) is 5.26 Å². The summed E-state index contributed by atoms with van der Waals surface area (Å²) in [5.74, 6) is 0.610. The molecule has 0 spiro atoms. The van der Waals surface area contributed by atoms with E-state index in [1.807, 2.05) is 6.07 Å². The van der Waals surface area contributed by atoms with Crippen LogP contribution in [-0.2, 0) is 0 Å². The first-order valence-corrected chi connectivity index (χ1v) is 6.86. The Morgan fingerprint density at radius 3 is 2.81 bits per heavy atom. The molecule has 2 N–H and O–H groups in total. The fourth-order valence-corrected chi connectivity index (χ4v) is 1.95. The zero-order valence-corrected chi connectivity index (χ0v) is 12.0. The average molecular weight is 303 g/mol. The van der Waals surface area contributed by atoms with Crippen LogP contribution in [0.2, 0.25) is 5.02 Å². The Balaban J connectivity index is 1.82. The molecule has 0 aromatic heterocycles. The molecule has 2 aromatic carbocycles. The van der Waals surface area contributed by atoms with E-state index in [0.29, 0.717) is 28.6 Å². The quantitative estimate of drug-likeness (QED) is 0.860. The molecule has 108 valence electrons. The molecule has 0 fully saturated rings. The molecule has 0 heterocycles. The largest absolute Gasteiger partial charge is 0.491 e. The van der Waals surface area contributed by atoms with Crippen LogP contribution in [0.3, 0.4) is 0 Å². The zero-order chi connectivity index (χ0) is 15.1. The number of nitrogens with one attached hydrogen (secondary N) is 1. The van der Waals surface area contributed by atoms with Crippen LogP contribution in [-0.4, -0.2) is 24.4 Å². The lowest BCUT2D eigenvalue weighted by Crippen LogP contribution is -2.26. The maximum Gasteiger partial charge on any atom is 0.120 e. The van der Waals surface area contributed by atoms with Gasteiger partial charge in [0.1, 0.15) is 24.5 Å². The summed E-state index contributed by atoms with van der Waals surface area (Å²) in [6.07, 6.45) is -0.698. The number of nitriles is 1. The number of ether oxygens (including phenoxy) is 1. The molecule has 0 aliphatic heterocycles. The minimum Gasteiger partial charge on any atom is -0.491 e. The minimum atomic E-state index is -0.698. The number of rotatable bonds is 6. The molecule has 2 aromatic rings. The van der Waals surface area contributed by atoms with Gasteiger partial charge >= 0.3 is 0 Å². The van der Waals surface area contributed by atoms with Crippen molar-refractivity contribution in [2.24, 2.45) is 0 Å². The van der Waals surface area contributed by atoms with Crippen molar-refractivity contribution in [3.05, 3.63) is 59.1 Å². The molecule has 4 nitrogen and oxygen atoms in total. The van der Waals surface area contributed by atoms with Gasteiger partial charge in [-0.3, -0.25) is 0 Å². The van der Waals surface area contributed by atoms with Crippen molar-refractivity contribution in [2.75, 3.05) is 18.5 Å². The second-order valence-corrected chi connectivity index (χ2v) is 4.90. The molecule has 1 unspecified atom stereocenters. The molecule has 0 aliphatic carbocycles. The molecule has 1 atom stereocenters. The third-order valence-corrected chi connectivity index (χ3v) is 3.05. The topological polar surface area (TPSA) is 65.3 Å². The molecule has 5 heteroatoms. The number of halogens is 1. The van der Waals surface area contributed by atoms with E-state index in [-0.39, 0.29) is 6.61 Å². The molecule has 0 amide bonds. The number of benzene rings is 2. The molecular formula is C16H15ClN2O2. The average Bonchev–Trinajstić information content (AvgIpc) is 2.51. The van der Waals surface area contributed by atoms with Crippen LogP contribution in [0, 0.1) is 11.3 Å². The lowest BCUT2D eigenvalue weighted by atomic mass is 10.2. The van der Waals surface area contributed by atoms with E-state index in [0.717, 1.165) is 0 Å². The van der Waals surface area contributed by atoms with Gasteiger partial charge in [-0.1, -0.05) is 29.8 Å². The van der Waals surface area contributed by atoms with Crippen LogP contribution in [0.15, 0.2) is 48.5 Å². The maximum atomic E-state index is 9.90. The van der Waals surface area contributed by atoms with Crippen molar-refractivity contribution in [1.82, 2.24) is 0 Å². The van der Waals surface area contributed by atoms with Crippen molar-refractivity contribution in [3.8, 4) is 11.8 Å². The second-order valence-electron chi connectivity index (χ2n) is 4.46. The van der Waals surface area contributed by atoms with Crippen molar-refractivity contribution in [2.45, 2.75) is 6.10 Å². The van der Waals surface area contributed by atoms with Gasteiger partial charge < -0.3 is 15.2 Å². The summed E-state index contributed by atoms with van der Waals surface area (Å²) >= 11 is 5.85. The van der Waals surface area contributed by atoms with Crippen molar-refractivity contribution < 1.29 is 9.84 Å². The van der Waals surface area contributed by atoms with Gasteiger partial charge in [-0.15, -0.1) is 0 Å². The standard InChI is InChI=1S/C16H15ClN2O2/c17-13-5-3-6-15(8-13)21-11-14(20)10-19-16-7-2-1-4-12(16)9-18/h1-8,14,19-20H,10-11H2.